The number of thioether (sulfide) groups is 1. The Bertz CT molecular complexity index is 1050. The van der Waals surface area contributed by atoms with Gasteiger partial charge in [-0.05, 0) is 43.3 Å². The molecule has 1 unspecified atom stereocenters. The Morgan fingerprint density at radius 2 is 1.84 bits per heavy atom. The number of amides is 1. The Hall–Kier alpha value is -3.46. The summed E-state index contributed by atoms with van der Waals surface area (Å²) in [5.74, 6) is 2.65. The molecule has 0 radical (unpaired) electrons. The number of hydrogen-bond acceptors (Lipinski definition) is 7. The van der Waals surface area contributed by atoms with Crippen molar-refractivity contribution in [1.29, 1.82) is 0 Å². The van der Waals surface area contributed by atoms with Gasteiger partial charge in [-0.3, -0.25) is 9.36 Å². The van der Waals surface area contributed by atoms with E-state index in [-0.39, 0.29) is 17.8 Å². The van der Waals surface area contributed by atoms with Gasteiger partial charge in [0.2, 0.25) is 5.91 Å². The van der Waals surface area contributed by atoms with Crippen molar-refractivity contribution < 1.29 is 19.0 Å². The first-order chi connectivity index (χ1) is 15.5. The van der Waals surface area contributed by atoms with Gasteiger partial charge in [-0.25, -0.2) is 0 Å². The van der Waals surface area contributed by atoms with Gasteiger partial charge in [-0.15, -0.1) is 16.8 Å². The predicted octanol–water partition coefficient (Wildman–Crippen LogP) is 4.35. The van der Waals surface area contributed by atoms with Crippen LogP contribution in [0.25, 0.3) is 0 Å². The highest BCUT2D eigenvalue weighted by molar-refractivity contribution is 7.99. The number of carbonyl (C=O) groups excluding carboxylic acids is 1. The van der Waals surface area contributed by atoms with E-state index in [0.29, 0.717) is 34.7 Å². The summed E-state index contributed by atoms with van der Waals surface area (Å²) in [5.41, 5.74) is 0.698. The molecule has 0 aliphatic heterocycles. The summed E-state index contributed by atoms with van der Waals surface area (Å²) >= 11 is 1.30. The normalized spacial score (nSPS) is 11.5. The molecule has 0 saturated heterocycles. The van der Waals surface area contributed by atoms with Gasteiger partial charge < -0.3 is 19.5 Å². The first-order valence-electron chi connectivity index (χ1n) is 9.96. The van der Waals surface area contributed by atoms with Crippen LogP contribution in [0.15, 0.2) is 66.3 Å². The fourth-order valence-corrected chi connectivity index (χ4v) is 3.72. The summed E-state index contributed by atoms with van der Waals surface area (Å²) in [5, 5.41) is 12.0. The minimum absolute atomic E-state index is 0.145. The minimum atomic E-state index is -0.388. The molecule has 1 atom stereocenters. The van der Waals surface area contributed by atoms with E-state index in [4.69, 9.17) is 14.2 Å². The van der Waals surface area contributed by atoms with Crippen molar-refractivity contribution in [2.24, 2.45) is 0 Å². The smallest absolute Gasteiger partial charge is 0.234 e. The van der Waals surface area contributed by atoms with Gasteiger partial charge in [0.1, 0.15) is 5.75 Å². The first kappa shape index (κ1) is 23.2. The van der Waals surface area contributed by atoms with Gasteiger partial charge >= 0.3 is 0 Å². The molecule has 0 aliphatic rings. The van der Waals surface area contributed by atoms with Crippen molar-refractivity contribution in [3.8, 4) is 17.2 Å². The van der Waals surface area contributed by atoms with Gasteiger partial charge in [0.25, 0.3) is 0 Å². The maximum Gasteiger partial charge on any atom is 0.234 e. The average Bonchev–Trinajstić information content (AvgIpc) is 3.21. The van der Waals surface area contributed by atoms with E-state index in [9.17, 15) is 4.79 Å². The lowest BCUT2D eigenvalue weighted by molar-refractivity contribution is -0.113. The van der Waals surface area contributed by atoms with Crippen LogP contribution in [0.3, 0.4) is 0 Å². The maximum atomic E-state index is 12.4. The van der Waals surface area contributed by atoms with E-state index in [1.807, 2.05) is 35.8 Å². The quantitative estimate of drug-likeness (QED) is 0.340. The summed E-state index contributed by atoms with van der Waals surface area (Å²) < 4.78 is 18.4. The number of allylic oxidation sites excluding steroid dienone is 1. The molecule has 1 N–H and O–H groups in total. The van der Waals surface area contributed by atoms with E-state index in [1.165, 1.54) is 11.8 Å². The third kappa shape index (κ3) is 5.82. The van der Waals surface area contributed by atoms with Crippen molar-refractivity contribution >= 4 is 23.4 Å². The van der Waals surface area contributed by atoms with Crippen molar-refractivity contribution in [2.45, 2.75) is 24.7 Å². The number of aromatic nitrogens is 3. The number of methoxy groups -OCH3 is 2. The Morgan fingerprint density at radius 1 is 1.12 bits per heavy atom. The lowest BCUT2D eigenvalue weighted by atomic mass is 10.3. The Labute approximate surface area is 191 Å². The fourth-order valence-electron chi connectivity index (χ4n) is 2.97. The highest BCUT2D eigenvalue weighted by Crippen LogP contribution is 2.31. The second-order valence-electron chi connectivity index (χ2n) is 6.72. The van der Waals surface area contributed by atoms with E-state index >= 15 is 0 Å². The van der Waals surface area contributed by atoms with Crippen molar-refractivity contribution in [2.75, 3.05) is 25.3 Å². The first-order valence-corrected chi connectivity index (χ1v) is 10.9. The molecule has 0 spiro atoms. The molecule has 1 aromatic heterocycles. The molecule has 2 aromatic carbocycles. The third-order valence-electron chi connectivity index (χ3n) is 4.50. The van der Waals surface area contributed by atoms with Crippen LogP contribution in [0.2, 0.25) is 0 Å². The summed E-state index contributed by atoms with van der Waals surface area (Å²) in [4.78, 5) is 12.4. The fraction of sp³-hybridized carbons (Fsp3) is 0.261. The second-order valence-corrected chi connectivity index (χ2v) is 7.66. The number of benzene rings is 2. The molecule has 0 aliphatic carbocycles. The molecule has 0 fully saturated rings. The van der Waals surface area contributed by atoms with Crippen LogP contribution in [-0.4, -0.2) is 40.6 Å². The number of anilines is 1. The van der Waals surface area contributed by atoms with E-state index in [1.54, 1.807) is 44.6 Å². The van der Waals surface area contributed by atoms with Crippen LogP contribution in [0.4, 0.5) is 5.69 Å². The van der Waals surface area contributed by atoms with Gasteiger partial charge in [0.15, 0.2) is 28.6 Å². The van der Waals surface area contributed by atoms with Crippen LogP contribution in [0.1, 0.15) is 18.9 Å². The molecule has 0 saturated carbocycles. The second kappa shape index (κ2) is 11.2. The molecule has 3 aromatic rings. The van der Waals surface area contributed by atoms with Gasteiger partial charge in [-0.1, -0.05) is 30.0 Å². The molecule has 8 nitrogen and oxygen atoms in total. The van der Waals surface area contributed by atoms with Crippen LogP contribution >= 0.6 is 11.8 Å². The molecule has 32 heavy (non-hydrogen) atoms. The summed E-state index contributed by atoms with van der Waals surface area (Å²) in [7, 11) is 3.19. The third-order valence-corrected chi connectivity index (χ3v) is 5.47. The standard InChI is InChI=1S/C23H26N4O4S/c1-5-14-27-22(16(2)31-20-9-7-6-8-19(20)30-4)25-26-23(27)32-15-21(28)24-17-10-12-18(29-3)13-11-17/h5-13,16H,1,14-15H2,2-4H3,(H,24,28). The van der Waals surface area contributed by atoms with Crippen LogP contribution in [0, 0.1) is 0 Å². The number of nitrogens with one attached hydrogen (secondary N) is 1. The topological polar surface area (TPSA) is 87.5 Å². The molecule has 9 heteroatoms. The SMILES string of the molecule is C=CCn1c(SCC(=O)Nc2ccc(OC)cc2)nnc1C(C)Oc1ccccc1OC. The van der Waals surface area contributed by atoms with Crippen molar-refractivity contribution in [1.82, 2.24) is 14.8 Å². The molecule has 3 rings (SSSR count). The van der Waals surface area contributed by atoms with Crippen LogP contribution < -0.4 is 19.5 Å². The average molecular weight is 455 g/mol. The van der Waals surface area contributed by atoms with Crippen molar-refractivity contribution in [3.63, 3.8) is 0 Å². The molecule has 1 amide bonds. The van der Waals surface area contributed by atoms with Gasteiger partial charge in [-0.2, -0.15) is 0 Å². The highest BCUT2D eigenvalue weighted by atomic mass is 32.2. The van der Waals surface area contributed by atoms with Gasteiger partial charge in [0.05, 0.1) is 20.0 Å². The number of nitrogens with zero attached hydrogens (tertiary/aromatic N) is 3. The summed E-state index contributed by atoms with van der Waals surface area (Å²) in [6.45, 7) is 6.20. The molecule has 168 valence electrons. The maximum absolute atomic E-state index is 12.4. The monoisotopic (exact) mass is 454 g/mol. The Kier molecular flexibility index (Phi) is 8.15. The number of carbonyl (C=O) groups is 1. The van der Waals surface area contributed by atoms with Crippen LogP contribution in [0.5, 0.6) is 17.2 Å². The van der Waals surface area contributed by atoms with E-state index < -0.39 is 0 Å². The zero-order chi connectivity index (χ0) is 22.9. The van der Waals surface area contributed by atoms with Crippen molar-refractivity contribution in [3.05, 3.63) is 67.0 Å². The number of rotatable bonds is 11. The lowest BCUT2D eigenvalue weighted by Gasteiger charge is -2.17. The molecular weight excluding hydrogens is 428 g/mol. The van der Waals surface area contributed by atoms with Gasteiger partial charge in [0, 0.05) is 12.2 Å². The Morgan fingerprint density at radius 3 is 2.50 bits per heavy atom. The molecule has 0 bridgehead atoms. The Balaban J connectivity index is 1.66. The number of hydrogen-bond donors (Lipinski definition) is 1. The molecule has 1 heterocycles. The number of para-hydroxylation sites is 2. The lowest BCUT2D eigenvalue weighted by Crippen LogP contribution is -2.15. The summed E-state index contributed by atoms with van der Waals surface area (Å²) in [6, 6.07) is 14.6. The van der Waals surface area contributed by atoms with Crippen LogP contribution in [-0.2, 0) is 11.3 Å². The molecular formula is C23H26N4O4S. The highest BCUT2D eigenvalue weighted by Gasteiger charge is 2.20. The largest absolute Gasteiger partial charge is 0.497 e. The van der Waals surface area contributed by atoms with E-state index in [0.717, 1.165) is 5.75 Å². The zero-order valence-corrected chi connectivity index (χ0v) is 19.1. The predicted molar refractivity (Wildman–Crippen MR) is 125 cm³/mol. The minimum Gasteiger partial charge on any atom is -0.497 e. The zero-order valence-electron chi connectivity index (χ0n) is 18.3. The summed E-state index contributed by atoms with van der Waals surface area (Å²) in [6.07, 6.45) is 1.37. The number of ether oxygens (including phenoxy) is 3. The van der Waals surface area contributed by atoms with E-state index in [2.05, 4.69) is 22.1 Å².